The smallest absolute Gasteiger partial charge is 0.387 e. The minimum atomic E-state index is -2.85. The highest BCUT2D eigenvalue weighted by molar-refractivity contribution is 6.32. The number of halogens is 3. The Morgan fingerprint density at radius 2 is 2.07 bits per heavy atom. The first-order chi connectivity index (χ1) is 6.50. The van der Waals surface area contributed by atoms with Crippen LogP contribution in [0.5, 0.6) is 5.75 Å². The summed E-state index contributed by atoms with van der Waals surface area (Å²) < 4.78 is 27.9. The number of ether oxygens (including phenoxy) is 1. The van der Waals surface area contributed by atoms with Gasteiger partial charge in [0.05, 0.1) is 5.02 Å². The van der Waals surface area contributed by atoms with Crippen LogP contribution in [0.2, 0.25) is 5.02 Å². The van der Waals surface area contributed by atoms with Crippen LogP contribution in [0.4, 0.5) is 8.78 Å². The minimum absolute atomic E-state index is 0.00827. The van der Waals surface area contributed by atoms with E-state index in [0.29, 0.717) is 0 Å². The molecule has 0 bridgehead atoms. The molecule has 0 spiro atoms. The SMILES string of the molecule is [CH2]C(C)c1ccc(OC(F)F)c(Cl)c1. The zero-order chi connectivity index (χ0) is 10.7. The lowest BCUT2D eigenvalue weighted by Gasteiger charge is -2.09. The van der Waals surface area contributed by atoms with E-state index in [-0.39, 0.29) is 16.7 Å². The molecule has 1 radical (unpaired) electrons. The van der Waals surface area contributed by atoms with Gasteiger partial charge in [0.25, 0.3) is 0 Å². The van der Waals surface area contributed by atoms with Gasteiger partial charge in [-0.15, -0.1) is 0 Å². The molecule has 1 nitrogen and oxygen atoms in total. The molecule has 0 amide bonds. The van der Waals surface area contributed by atoms with E-state index in [1.165, 1.54) is 6.07 Å². The second-order valence-electron chi connectivity index (χ2n) is 2.97. The van der Waals surface area contributed by atoms with Crippen molar-refractivity contribution in [2.75, 3.05) is 0 Å². The highest BCUT2D eigenvalue weighted by Gasteiger charge is 2.09. The summed E-state index contributed by atoms with van der Waals surface area (Å²) in [6.07, 6.45) is 0. The maximum Gasteiger partial charge on any atom is 0.387 e. The molecular weight excluding hydrogens is 210 g/mol. The Hall–Kier alpha value is -0.830. The van der Waals surface area contributed by atoms with Gasteiger partial charge in [-0.05, 0) is 30.5 Å². The van der Waals surface area contributed by atoms with E-state index in [2.05, 4.69) is 11.7 Å². The number of hydrogen-bond acceptors (Lipinski definition) is 1. The number of rotatable bonds is 3. The Kier molecular flexibility index (Phi) is 3.69. The third-order valence-electron chi connectivity index (χ3n) is 1.74. The molecule has 1 unspecified atom stereocenters. The third-order valence-corrected chi connectivity index (χ3v) is 2.04. The van der Waals surface area contributed by atoms with Crippen LogP contribution in [0.3, 0.4) is 0 Å². The highest BCUT2D eigenvalue weighted by atomic mass is 35.5. The van der Waals surface area contributed by atoms with E-state index in [0.717, 1.165) is 5.56 Å². The van der Waals surface area contributed by atoms with Gasteiger partial charge in [-0.2, -0.15) is 8.78 Å². The lowest BCUT2D eigenvalue weighted by Crippen LogP contribution is -2.02. The summed E-state index contributed by atoms with van der Waals surface area (Å²) in [5.41, 5.74) is 0.886. The van der Waals surface area contributed by atoms with Crippen LogP contribution in [0.25, 0.3) is 0 Å². The van der Waals surface area contributed by atoms with Gasteiger partial charge in [0.2, 0.25) is 0 Å². The Labute approximate surface area is 86.6 Å². The Morgan fingerprint density at radius 3 is 2.50 bits per heavy atom. The Morgan fingerprint density at radius 1 is 1.43 bits per heavy atom. The minimum Gasteiger partial charge on any atom is -0.433 e. The van der Waals surface area contributed by atoms with Gasteiger partial charge >= 0.3 is 6.61 Å². The first-order valence-corrected chi connectivity index (χ1v) is 4.46. The average molecular weight is 220 g/mol. The molecule has 0 heterocycles. The lowest BCUT2D eigenvalue weighted by atomic mass is 10.0. The van der Waals surface area contributed by atoms with Gasteiger partial charge in [-0.25, -0.2) is 0 Å². The van der Waals surface area contributed by atoms with Crippen molar-refractivity contribution in [3.63, 3.8) is 0 Å². The second kappa shape index (κ2) is 4.60. The molecule has 4 heteroatoms. The maximum absolute atomic E-state index is 11.9. The van der Waals surface area contributed by atoms with Crippen molar-refractivity contribution in [1.82, 2.24) is 0 Å². The maximum atomic E-state index is 11.9. The first kappa shape index (κ1) is 11.2. The summed E-state index contributed by atoms with van der Waals surface area (Å²) in [6.45, 7) is 2.83. The van der Waals surface area contributed by atoms with Crippen molar-refractivity contribution in [3.05, 3.63) is 35.7 Å². The predicted octanol–water partition coefficient (Wildman–Crippen LogP) is 3.88. The van der Waals surface area contributed by atoms with Gasteiger partial charge in [-0.3, -0.25) is 0 Å². The van der Waals surface area contributed by atoms with Crippen LogP contribution < -0.4 is 4.74 Å². The largest absolute Gasteiger partial charge is 0.433 e. The van der Waals surface area contributed by atoms with Gasteiger partial charge in [0, 0.05) is 0 Å². The van der Waals surface area contributed by atoms with E-state index >= 15 is 0 Å². The normalized spacial score (nSPS) is 11.1. The zero-order valence-electron chi connectivity index (χ0n) is 7.64. The predicted molar refractivity (Wildman–Crippen MR) is 51.9 cm³/mol. The van der Waals surface area contributed by atoms with Gasteiger partial charge in [-0.1, -0.05) is 24.6 Å². The standard InChI is InChI=1S/C10H10ClF2O/c1-6(2)7-3-4-9(8(11)5-7)14-10(12)13/h3-6,10H,1H2,2H3. The number of benzene rings is 1. The molecule has 0 aliphatic heterocycles. The first-order valence-electron chi connectivity index (χ1n) is 4.08. The molecule has 0 saturated carbocycles. The molecule has 0 N–H and O–H groups in total. The monoisotopic (exact) mass is 219 g/mol. The molecule has 0 aromatic heterocycles. The molecule has 0 aliphatic carbocycles. The summed E-state index contributed by atoms with van der Waals surface area (Å²) in [5, 5.41) is 0.179. The van der Waals surface area contributed by atoms with Crippen molar-refractivity contribution >= 4 is 11.6 Å². The fourth-order valence-electron chi connectivity index (χ4n) is 1.02. The Balaban J connectivity index is 2.90. The van der Waals surface area contributed by atoms with E-state index in [9.17, 15) is 8.78 Å². The summed E-state index contributed by atoms with van der Waals surface area (Å²) >= 11 is 5.73. The molecule has 1 rings (SSSR count). The second-order valence-corrected chi connectivity index (χ2v) is 3.38. The van der Waals surface area contributed by atoms with Crippen molar-refractivity contribution < 1.29 is 13.5 Å². The van der Waals surface area contributed by atoms with E-state index < -0.39 is 6.61 Å². The fraction of sp³-hybridized carbons (Fsp3) is 0.300. The molecule has 1 aromatic rings. The van der Waals surface area contributed by atoms with Gasteiger partial charge in [0.1, 0.15) is 5.75 Å². The third kappa shape index (κ3) is 2.84. The molecule has 1 atom stereocenters. The molecule has 0 fully saturated rings. The van der Waals surface area contributed by atoms with E-state index in [1.807, 2.05) is 6.92 Å². The van der Waals surface area contributed by atoms with E-state index in [1.54, 1.807) is 12.1 Å². The van der Waals surface area contributed by atoms with Crippen LogP contribution in [-0.4, -0.2) is 6.61 Å². The summed E-state index contributed by atoms with van der Waals surface area (Å²) in [5.74, 6) is 0.0548. The zero-order valence-corrected chi connectivity index (χ0v) is 8.39. The molecule has 0 saturated heterocycles. The molecule has 1 aromatic carbocycles. The van der Waals surface area contributed by atoms with Crippen LogP contribution in [0, 0.1) is 6.92 Å². The van der Waals surface area contributed by atoms with Crippen LogP contribution in [0.1, 0.15) is 18.4 Å². The molecule has 0 aliphatic rings. The molecule has 77 valence electrons. The van der Waals surface area contributed by atoms with Crippen LogP contribution >= 0.6 is 11.6 Å². The quantitative estimate of drug-likeness (QED) is 0.750. The summed E-state index contributed by atoms with van der Waals surface area (Å²) in [4.78, 5) is 0. The van der Waals surface area contributed by atoms with Crippen molar-refractivity contribution in [2.45, 2.75) is 19.5 Å². The number of alkyl halides is 2. The van der Waals surface area contributed by atoms with Crippen molar-refractivity contribution in [3.8, 4) is 5.75 Å². The van der Waals surface area contributed by atoms with Crippen LogP contribution in [-0.2, 0) is 0 Å². The highest BCUT2D eigenvalue weighted by Crippen LogP contribution is 2.29. The molecule has 14 heavy (non-hydrogen) atoms. The number of hydrogen-bond donors (Lipinski definition) is 0. The average Bonchev–Trinajstić information content (AvgIpc) is 2.07. The lowest BCUT2D eigenvalue weighted by molar-refractivity contribution is -0.0497. The van der Waals surface area contributed by atoms with Crippen LogP contribution in [0.15, 0.2) is 18.2 Å². The summed E-state index contributed by atoms with van der Waals surface area (Å²) in [7, 11) is 0. The fourth-order valence-corrected chi connectivity index (χ4v) is 1.25. The molecular formula is C10H10ClF2O. The Bertz CT molecular complexity index is 313. The summed E-state index contributed by atoms with van der Waals surface area (Å²) in [6, 6.07) is 4.67. The van der Waals surface area contributed by atoms with Gasteiger partial charge in [0.15, 0.2) is 0 Å². The van der Waals surface area contributed by atoms with E-state index in [4.69, 9.17) is 11.6 Å². The topological polar surface area (TPSA) is 9.23 Å². The van der Waals surface area contributed by atoms with Crippen molar-refractivity contribution in [1.29, 1.82) is 0 Å². The van der Waals surface area contributed by atoms with Gasteiger partial charge < -0.3 is 4.74 Å². The van der Waals surface area contributed by atoms with Crippen molar-refractivity contribution in [2.24, 2.45) is 0 Å².